The van der Waals surface area contributed by atoms with Gasteiger partial charge < -0.3 is 14.6 Å². The van der Waals surface area contributed by atoms with E-state index in [1.807, 2.05) is 30.3 Å². The first-order valence-corrected chi connectivity index (χ1v) is 6.93. The minimum atomic E-state index is -0.844. The molecule has 0 bridgehead atoms. The van der Waals surface area contributed by atoms with Gasteiger partial charge in [0.1, 0.15) is 6.54 Å². The van der Waals surface area contributed by atoms with Crippen LogP contribution < -0.4 is 19.9 Å². The smallest absolute Gasteiger partial charge is 0.340 e. The first-order chi connectivity index (χ1) is 10.7. The van der Waals surface area contributed by atoms with Gasteiger partial charge in [-0.25, -0.2) is 0 Å². The van der Waals surface area contributed by atoms with Crippen molar-refractivity contribution in [2.24, 2.45) is 0 Å². The number of aliphatic carboxylic acids is 1. The lowest BCUT2D eigenvalue weighted by Crippen LogP contribution is -2.42. The standard InChI is InChI=1S/C15H15N3O4/c16-15-14-13(21-9-22-14)12(10-5-2-1-3-6-10)17-18(15)8-4-7-11(19)20/h1-3,5-6,16H,4,7-9H2,(H,19,20)/p+1. The molecule has 0 aliphatic carbocycles. The fourth-order valence-corrected chi connectivity index (χ4v) is 2.32. The van der Waals surface area contributed by atoms with Crippen LogP contribution in [0, 0.1) is 0 Å². The average molecular weight is 302 g/mol. The Morgan fingerprint density at radius 2 is 2.00 bits per heavy atom. The van der Waals surface area contributed by atoms with Crippen molar-refractivity contribution < 1.29 is 24.1 Å². The molecular formula is C15H16N3O4+. The number of nitrogen functional groups attached to an aromatic ring is 1. The van der Waals surface area contributed by atoms with E-state index in [4.69, 9.17) is 20.3 Å². The molecule has 7 nitrogen and oxygen atoms in total. The summed E-state index contributed by atoms with van der Waals surface area (Å²) >= 11 is 0. The molecule has 1 aliphatic rings. The van der Waals surface area contributed by atoms with Gasteiger partial charge >= 0.3 is 11.8 Å². The van der Waals surface area contributed by atoms with E-state index in [-0.39, 0.29) is 13.2 Å². The van der Waals surface area contributed by atoms with Gasteiger partial charge in [0.2, 0.25) is 12.5 Å². The Kier molecular flexibility index (Phi) is 3.78. The van der Waals surface area contributed by atoms with Gasteiger partial charge in [-0.15, -0.1) is 4.68 Å². The summed E-state index contributed by atoms with van der Waals surface area (Å²) in [7, 11) is 0. The monoisotopic (exact) mass is 302 g/mol. The number of anilines is 1. The number of ether oxygens (including phenoxy) is 2. The number of carboxylic acid groups (broad SMARTS) is 1. The lowest BCUT2D eigenvalue weighted by Gasteiger charge is -2.08. The van der Waals surface area contributed by atoms with Crippen molar-refractivity contribution in [3.63, 3.8) is 0 Å². The topological polar surface area (TPSA) is 98.6 Å². The van der Waals surface area contributed by atoms with Crippen LogP contribution in [0.4, 0.5) is 5.82 Å². The molecular weight excluding hydrogens is 286 g/mol. The van der Waals surface area contributed by atoms with E-state index >= 15 is 0 Å². The number of nitrogens with zero attached hydrogens (tertiary/aromatic N) is 2. The Hall–Kier alpha value is -2.83. The highest BCUT2D eigenvalue weighted by Gasteiger charge is 2.30. The molecule has 2 aromatic rings. The third-order valence-electron chi connectivity index (χ3n) is 3.37. The first-order valence-electron chi connectivity index (χ1n) is 6.93. The largest absolute Gasteiger partial charge is 0.481 e. The van der Waals surface area contributed by atoms with Crippen LogP contribution in [0.25, 0.3) is 11.3 Å². The van der Waals surface area contributed by atoms with Crippen molar-refractivity contribution in [2.75, 3.05) is 12.5 Å². The highest BCUT2D eigenvalue weighted by Crippen LogP contribution is 2.41. The summed E-state index contributed by atoms with van der Waals surface area (Å²) in [5.41, 5.74) is 7.57. The number of aryl methyl sites for hydroxylation is 1. The fourth-order valence-electron chi connectivity index (χ4n) is 2.32. The second kappa shape index (κ2) is 5.88. The normalized spacial score (nSPS) is 12.4. The van der Waals surface area contributed by atoms with Crippen molar-refractivity contribution in [3.05, 3.63) is 30.3 Å². The molecule has 2 heterocycles. The molecule has 0 atom stereocenters. The van der Waals surface area contributed by atoms with Gasteiger partial charge in [-0.2, -0.15) is 0 Å². The van der Waals surface area contributed by atoms with E-state index in [1.54, 1.807) is 4.68 Å². The van der Waals surface area contributed by atoms with Gasteiger partial charge in [-0.3, -0.25) is 10.5 Å². The van der Waals surface area contributed by atoms with Gasteiger partial charge in [0.05, 0.1) is 0 Å². The molecule has 1 aromatic carbocycles. The Labute approximate surface area is 126 Å². The fraction of sp³-hybridized carbons (Fsp3) is 0.267. The lowest BCUT2D eigenvalue weighted by molar-refractivity contribution is -0.739. The van der Waals surface area contributed by atoms with Gasteiger partial charge in [0.25, 0.3) is 5.75 Å². The van der Waals surface area contributed by atoms with Gasteiger partial charge in [-0.1, -0.05) is 35.4 Å². The maximum atomic E-state index is 10.6. The van der Waals surface area contributed by atoms with Crippen molar-refractivity contribution in [1.29, 1.82) is 0 Å². The molecule has 3 rings (SSSR count). The zero-order chi connectivity index (χ0) is 15.5. The van der Waals surface area contributed by atoms with Crippen molar-refractivity contribution >= 4 is 11.8 Å². The Bertz CT molecular complexity index is 704. The maximum absolute atomic E-state index is 10.6. The Morgan fingerprint density at radius 1 is 1.27 bits per heavy atom. The molecule has 7 heteroatoms. The number of carbonyl (C=O) groups is 1. The molecule has 0 fully saturated rings. The number of carboxylic acids is 1. The Balaban J connectivity index is 1.99. The molecule has 22 heavy (non-hydrogen) atoms. The van der Waals surface area contributed by atoms with Crippen LogP contribution in [0.3, 0.4) is 0 Å². The van der Waals surface area contributed by atoms with Crippen LogP contribution in [-0.2, 0) is 11.3 Å². The van der Waals surface area contributed by atoms with E-state index in [1.165, 1.54) is 0 Å². The average Bonchev–Trinajstić information content (AvgIpc) is 3.00. The SMILES string of the molecule is Nc1c2c(c(-c3ccccc3)n[n+]1CCCC(=O)O)OCO2. The van der Waals surface area contributed by atoms with Crippen LogP contribution >= 0.6 is 0 Å². The molecule has 1 aromatic heterocycles. The van der Waals surface area contributed by atoms with Crippen LogP contribution in [-0.4, -0.2) is 23.0 Å². The second-order valence-corrected chi connectivity index (χ2v) is 4.89. The number of hydrogen-bond donors (Lipinski definition) is 2. The molecule has 0 amide bonds. The Morgan fingerprint density at radius 3 is 2.73 bits per heavy atom. The number of hydrogen-bond acceptors (Lipinski definition) is 5. The van der Waals surface area contributed by atoms with Crippen LogP contribution in [0.2, 0.25) is 0 Å². The minimum absolute atomic E-state index is 0.0588. The molecule has 0 spiro atoms. The second-order valence-electron chi connectivity index (χ2n) is 4.89. The minimum Gasteiger partial charge on any atom is -0.481 e. The van der Waals surface area contributed by atoms with Crippen LogP contribution in [0.5, 0.6) is 11.5 Å². The summed E-state index contributed by atoms with van der Waals surface area (Å²) in [5, 5.41) is 13.2. The van der Waals surface area contributed by atoms with Gasteiger partial charge in [0.15, 0.2) is 5.69 Å². The summed E-state index contributed by atoms with van der Waals surface area (Å²) in [6.07, 6.45) is 0.494. The number of rotatable bonds is 5. The summed E-state index contributed by atoms with van der Waals surface area (Å²) in [5.74, 6) is 0.489. The molecule has 3 N–H and O–H groups in total. The summed E-state index contributed by atoms with van der Waals surface area (Å²) in [6, 6.07) is 9.57. The van der Waals surface area contributed by atoms with E-state index in [2.05, 4.69) is 5.10 Å². The lowest BCUT2D eigenvalue weighted by atomic mass is 10.1. The third kappa shape index (κ3) is 2.65. The van der Waals surface area contributed by atoms with Crippen LogP contribution in [0.15, 0.2) is 30.3 Å². The molecule has 0 saturated heterocycles. The van der Waals surface area contributed by atoms with Crippen molar-refractivity contribution in [2.45, 2.75) is 19.4 Å². The highest BCUT2D eigenvalue weighted by atomic mass is 16.7. The number of aromatic nitrogens is 2. The summed E-state index contributed by atoms with van der Waals surface area (Å²) < 4.78 is 12.5. The van der Waals surface area contributed by atoms with Gasteiger partial charge in [0, 0.05) is 12.0 Å². The number of benzene rings is 1. The molecule has 0 unspecified atom stereocenters. The predicted molar refractivity (Wildman–Crippen MR) is 77.3 cm³/mol. The molecule has 114 valence electrons. The van der Waals surface area contributed by atoms with Crippen LogP contribution in [0.1, 0.15) is 12.8 Å². The zero-order valence-electron chi connectivity index (χ0n) is 11.9. The third-order valence-corrected chi connectivity index (χ3v) is 3.37. The van der Waals surface area contributed by atoms with E-state index in [0.29, 0.717) is 36.0 Å². The number of fused-ring (bicyclic) bond motifs is 1. The highest BCUT2D eigenvalue weighted by molar-refractivity contribution is 5.72. The maximum Gasteiger partial charge on any atom is 0.340 e. The number of nitrogens with two attached hydrogens (primary N) is 1. The molecule has 0 radical (unpaired) electrons. The van der Waals surface area contributed by atoms with E-state index < -0.39 is 5.97 Å². The summed E-state index contributed by atoms with van der Waals surface area (Å²) in [6.45, 7) is 0.495. The van der Waals surface area contributed by atoms with Crippen molar-refractivity contribution in [1.82, 2.24) is 5.10 Å². The van der Waals surface area contributed by atoms with E-state index in [0.717, 1.165) is 5.56 Å². The quantitative estimate of drug-likeness (QED) is 0.806. The first kappa shape index (κ1) is 14.1. The molecule has 0 saturated carbocycles. The predicted octanol–water partition coefficient (Wildman–Crippen LogP) is 1.21. The zero-order valence-corrected chi connectivity index (χ0v) is 11.9. The van der Waals surface area contributed by atoms with Gasteiger partial charge in [-0.05, 0) is 6.42 Å². The summed E-state index contributed by atoms with van der Waals surface area (Å²) in [4.78, 5) is 10.6. The van der Waals surface area contributed by atoms with Crippen molar-refractivity contribution in [3.8, 4) is 22.8 Å². The van der Waals surface area contributed by atoms with E-state index in [9.17, 15) is 4.79 Å². The molecule has 1 aliphatic heterocycles.